The van der Waals surface area contributed by atoms with Crippen molar-refractivity contribution in [3.63, 3.8) is 0 Å². The van der Waals surface area contributed by atoms with Crippen molar-refractivity contribution in [2.75, 3.05) is 7.11 Å². The lowest BCUT2D eigenvalue weighted by Gasteiger charge is -1.99. The second-order valence-electron chi connectivity index (χ2n) is 4.35. The van der Waals surface area contributed by atoms with E-state index >= 15 is 0 Å². The van der Waals surface area contributed by atoms with Gasteiger partial charge in [-0.3, -0.25) is 0 Å². The number of aromatic nitrogens is 1. The second kappa shape index (κ2) is 6.06. The van der Waals surface area contributed by atoms with Gasteiger partial charge in [0.25, 0.3) is 0 Å². The Bertz CT molecular complexity index is 806. The van der Waals surface area contributed by atoms with Gasteiger partial charge < -0.3 is 4.74 Å². The summed E-state index contributed by atoms with van der Waals surface area (Å²) in [5.41, 5.74) is 1.75. The summed E-state index contributed by atoms with van der Waals surface area (Å²) in [5.74, 6) is 0.829. The lowest BCUT2D eigenvalue weighted by Crippen LogP contribution is -1.80. The first kappa shape index (κ1) is 14.4. The Labute approximate surface area is 136 Å². The largest absolute Gasteiger partial charge is 0.497 e. The number of thiazole rings is 1. The van der Waals surface area contributed by atoms with E-state index in [2.05, 4.69) is 4.98 Å². The molecule has 0 saturated carbocycles. The Morgan fingerprint density at radius 2 is 1.86 bits per heavy atom. The van der Waals surface area contributed by atoms with Gasteiger partial charge >= 0.3 is 0 Å². The fraction of sp³-hybridized carbons (Fsp3) is 0.0625. The third-order valence-corrected chi connectivity index (χ3v) is 4.65. The quantitative estimate of drug-likeness (QED) is 0.605. The topological polar surface area (TPSA) is 22.1 Å². The SMILES string of the molecule is COc1ccc2nc(C=Cc3c(Cl)cccc3Cl)sc2c1. The summed E-state index contributed by atoms with van der Waals surface area (Å²) in [5, 5.41) is 2.15. The van der Waals surface area contributed by atoms with E-state index in [0.29, 0.717) is 10.0 Å². The van der Waals surface area contributed by atoms with Crippen LogP contribution in [0.2, 0.25) is 10.0 Å². The zero-order valence-electron chi connectivity index (χ0n) is 11.1. The van der Waals surface area contributed by atoms with Crippen LogP contribution in [-0.2, 0) is 0 Å². The molecule has 1 aromatic heterocycles. The maximum atomic E-state index is 6.14. The smallest absolute Gasteiger partial charge is 0.120 e. The summed E-state index contributed by atoms with van der Waals surface area (Å²) in [6.07, 6.45) is 3.81. The van der Waals surface area contributed by atoms with E-state index < -0.39 is 0 Å². The number of methoxy groups -OCH3 is 1. The van der Waals surface area contributed by atoms with Crippen molar-refractivity contribution in [3.8, 4) is 5.75 Å². The number of rotatable bonds is 3. The van der Waals surface area contributed by atoms with Crippen molar-refractivity contribution in [3.05, 3.63) is 57.0 Å². The van der Waals surface area contributed by atoms with Gasteiger partial charge in [-0.05, 0) is 42.5 Å². The van der Waals surface area contributed by atoms with E-state index in [0.717, 1.165) is 26.5 Å². The van der Waals surface area contributed by atoms with Crippen LogP contribution in [0.3, 0.4) is 0 Å². The highest BCUT2D eigenvalue weighted by Crippen LogP contribution is 2.29. The number of fused-ring (bicyclic) bond motifs is 1. The molecule has 1 heterocycles. The Balaban J connectivity index is 1.96. The minimum Gasteiger partial charge on any atom is -0.497 e. The highest BCUT2D eigenvalue weighted by molar-refractivity contribution is 7.19. The molecule has 3 rings (SSSR count). The molecule has 2 nitrogen and oxygen atoms in total. The van der Waals surface area contributed by atoms with Crippen molar-refractivity contribution in [1.82, 2.24) is 4.98 Å². The van der Waals surface area contributed by atoms with Crippen molar-refractivity contribution in [2.24, 2.45) is 0 Å². The molecule has 0 aliphatic heterocycles. The first-order valence-electron chi connectivity index (χ1n) is 6.24. The van der Waals surface area contributed by atoms with Gasteiger partial charge in [-0.1, -0.05) is 29.3 Å². The van der Waals surface area contributed by atoms with Gasteiger partial charge in [0.05, 0.1) is 17.3 Å². The zero-order chi connectivity index (χ0) is 14.8. The van der Waals surface area contributed by atoms with Crippen molar-refractivity contribution >= 4 is 56.9 Å². The highest BCUT2D eigenvalue weighted by Gasteiger charge is 2.04. The molecule has 0 aliphatic carbocycles. The molecule has 0 bridgehead atoms. The van der Waals surface area contributed by atoms with Crippen LogP contribution in [0.25, 0.3) is 22.4 Å². The van der Waals surface area contributed by atoms with Crippen LogP contribution in [0, 0.1) is 0 Å². The van der Waals surface area contributed by atoms with Crippen LogP contribution in [0.1, 0.15) is 10.6 Å². The van der Waals surface area contributed by atoms with Crippen LogP contribution in [0.15, 0.2) is 36.4 Å². The molecule has 0 spiro atoms. The van der Waals surface area contributed by atoms with E-state index in [4.69, 9.17) is 27.9 Å². The molecule has 0 amide bonds. The number of benzene rings is 2. The third-order valence-electron chi connectivity index (χ3n) is 3.00. The minimum absolute atomic E-state index is 0.626. The molecule has 5 heteroatoms. The van der Waals surface area contributed by atoms with Crippen molar-refractivity contribution in [2.45, 2.75) is 0 Å². The molecule has 0 atom stereocenters. The van der Waals surface area contributed by atoms with Crippen LogP contribution >= 0.6 is 34.5 Å². The summed E-state index contributed by atoms with van der Waals surface area (Å²) in [7, 11) is 1.66. The lowest BCUT2D eigenvalue weighted by molar-refractivity contribution is 0.415. The summed E-state index contributed by atoms with van der Waals surface area (Å²) < 4.78 is 6.30. The number of hydrogen-bond acceptors (Lipinski definition) is 3. The van der Waals surface area contributed by atoms with Gasteiger partial charge in [0.1, 0.15) is 10.8 Å². The average molecular weight is 336 g/mol. The molecule has 0 unspecified atom stereocenters. The monoisotopic (exact) mass is 335 g/mol. The Hall–Kier alpha value is -1.55. The minimum atomic E-state index is 0.626. The van der Waals surface area contributed by atoms with Gasteiger partial charge in [-0.25, -0.2) is 4.98 Å². The van der Waals surface area contributed by atoms with Gasteiger partial charge in [0, 0.05) is 15.6 Å². The molecule has 3 aromatic rings. The van der Waals surface area contributed by atoms with Gasteiger partial charge in [0.15, 0.2) is 0 Å². The van der Waals surface area contributed by atoms with E-state index in [1.165, 1.54) is 0 Å². The van der Waals surface area contributed by atoms with E-state index in [1.54, 1.807) is 18.4 Å². The molecule has 2 aromatic carbocycles. The van der Waals surface area contributed by atoms with Crippen LogP contribution < -0.4 is 4.74 Å². The zero-order valence-corrected chi connectivity index (χ0v) is 13.5. The normalized spacial score (nSPS) is 11.4. The first-order chi connectivity index (χ1) is 10.2. The molecular weight excluding hydrogens is 325 g/mol. The summed E-state index contributed by atoms with van der Waals surface area (Å²) in [6, 6.07) is 11.3. The standard InChI is InChI=1S/C16H11Cl2NOS/c1-20-10-5-7-14-15(9-10)21-16(19-14)8-6-11-12(17)3-2-4-13(11)18/h2-9H,1H3. The van der Waals surface area contributed by atoms with Crippen LogP contribution in [0.5, 0.6) is 5.75 Å². The molecule has 0 N–H and O–H groups in total. The highest BCUT2D eigenvalue weighted by atomic mass is 35.5. The van der Waals surface area contributed by atoms with Crippen molar-refractivity contribution < 1.29 is 4.74 Å². The number of ether oxygens (including phenoxy) is 1. The Morgan fingerprint density at radius 3 is 2.57 bits per heavy atom. The predicted molar refractivity (Wildman–Crippen MR) is 91.6 cm³/mol. The van der Waals surface area contributed by atoms with E-state index in [-0.39, 0.29) is 0 Å². The molecular formula is C16H11Cl2NOS. The number of nitrogens with zero attached hydrogens (tertiary/aromatic N) is 1. The third kappa shape index (κ3) is 3.05. The summed E-state index contributed by atoms with van der Waals surface area (Å²) >= 11 is 13.9. The molecule has 0 saturated heterocycles. The summed E-state index contributed by atoms with van der Waals surface area (Å²) in [6.45, 7) is 0. The maximum Gasteiger partial charge on any atom is 0.120 e. The van der Waals surface area contributed by atoms with Gasteiger partial charge in [-0.15, -0.1) is 11.3 Å². The first-order valence-corrected chi connectivity index (χ1v) is 7.81. The van der Waals surface area contributed by atoms with Gasteiger partial charge in [-0.2, -0.15) is 0 Å². The molecule has 106 valence electrons. The fourth-order valence-corrected chi connectivity index (χ4v) is 3.37. The number of hydrogen-bond donors (Lipinski definition) is 0. The maximum absolute atomic E-state index is 6.14. The molecule has 21 heavy (non-hydrogen) atoms. The number of halogens is 2. The van der Waals surface area contributed by atoms with E-state index in [1.807, 2.05) is 48.6 Å². The predicted octanol–water partition coefficient (Wildman–Crippen LogP) is 5.78. The lowest BCUT2D eigenvalue weighted by atomic mass is 10.2. The Morgan fingerprint density at radius 1 is 1.10 bits per heavy atom. The van der Waals surface area contributed by atoms with Gasteiger partial charge in [0.2, 0.25) is 0 Å². The molecule has 0 fully saturated rings. The fourth-order valence-electron chi connectivity index (χ4n) is 1.95. The Kier molecular flexibility index (Phi) is 4.15. The molecule has 0 radical (unpaired) electrons. The summed E-state index contributed by atoms with van der Waals surface area (Å²) in [4.78, 5) is 4.55. The second-order valence-corrected chi connectivity index (χ2v) is 6.23. The van der Waals surface area contributed by atoms with Crippen LogP contribution in [-0.4, -0.2) is 12.1 Å². The van der Waals surface area contributed by atoms with Crippen LogP contribution in [0.4, 0.5) is 0 Å². The average Bonchev–Trinajstić information content (AvgIpc) is 2.88. The van der Waals surface area contributed by atoms with Crippen molar-refractivity contribution in [1.29, 1.82) is 0 Å². The molecule has 0 aliphatic rings. The van der Waals surface area contributed by atoms with E-state index in [9.17, 15) is 0 Å².